The van der Waals surface area contributed by atoms with E-state index in [2.05, 4.69) is 22.0 Å². The first-order valence-corrected chi connectivity index (χ1v) is 12.4. The van der Waals surface area contributed by atoms with E-state index in [4.69, 9.17) is 9.47 Å². The molecule has 0 radical (unpaired) electrons. The third kappa shape index (κ3) is 9.97. The van der Waals surface area contributed by atoms with Crippen LogP contribution in [0, 0.1) is 0 Å². The lowest BCUT2D eigenvalue weighted by molar-refractivity contribution is 0.0438. The number of likely N-dealkylation sites (tertiary alicyclic amines) is 2. The van der Waals surface area contributed by atoms with Crippen molar-refractivity contribution in [3.05, 3.63) is 24.3 Å². The van der Waals surface area contributed by atoms with Gasteiger partial charge in [0.15, 0.2) is 0 Å². The molecule has 32 heavy (non-hydrogen) atoms. The van der Waals surface area contributed by atoms with E-state index in [0.29, 0.717) is 12.3 Å². The van der Waals surface area contributed by atoms with Crippen molar-refractivity contribution >= 4 is 24.2 Å². The second-order valence-electron chi connectivity index (χ2n) is 8.96. The van der Waals surface area contributed by atoms with Crippen molar-refractivity contribution in [2.45, 2.75) is 70.8 Å². The standard InChI is InChI=1S/C25H41N3O3.ClH/c1-2-3-10-18-30-23-13-11-12-22(19-23)26-25(29)31-24(20-27-14-6-4-7-15-27)21-28-16-8-5-9-17-28;/h11-13,19,24H,2-10,14-18,20-21H2,1H3,(H,26,29);1H. The van der Waals surface area contributed by atoms with Gasteiger partial charge in [-0.1, -0.05) is 38.7 Å². The Kier molecular flexibility index (Phi) is 12.8. The van der Waals surface area contributed by atoms with Crippen LogP contribution in [0.5, 0.6) is 5.75 Å². The van der Waals surface area contributed by atoms with E-state index in [9.17, 15) is 4.79 Å². The monoisotopic (exact) mass is 467 g/mol. The van der Waals surface area contributed by atoms with Crippen LogP contribution in [0.4, 0.5) is 10.5 Å². The molecule has 0 aliphatic carbocycles. The van der Waals surface area contributed by atoms with Gasteiger partial charge in [0.05, 0.1) is 6.61 Å². The van der Waals surface area contributed by atoms with Crippen LogP contribution >= 0.6 is 12.4 Å². The van der Waals surface area contributed by atoms with Crippen molar-refractivity contribution in [3.63, 3.8) is 0 Å². The average molecular weight is 468 g/mol. The molecule has 2 fully saturated rings. The summed E-state index contributed by atoms with van der Waals surface area (Å²) in [4.78, 5) is 17.6. The molecule has 1 amide bonds. The summed E-state index contributed by atoms with van der Waals surface area (Å²) in [5.74, 6) is 0.784. The van der Waals surface area contributed by atoms with Crippen LogP contribution in [0.3, 0.4) is 0 Å². The second kappa shape index (κ2) is 15.4. The van der Waals surface area contributed by atoms with Crippen molar-refractivity contribution in [2.75, 3.05) is 51.2 Å². The highest BCUT2D eigenvalue weighted by Gasteiger charge is 2.23. The predicted octanol–water partition coefficient (Wildman–Crippen LogP) is 5.57. The highest BCUT2D eigenvalue weighted by atomic mass is 35.5. The van der Waals surface area contributed by atoms with E-state index in [1.54, 1.807) is 0 Å². The predicted molar refractivity (Wildman–Crippen MR) is 133 cm³/mol. The summed E-state index contributed by atoms with van der Waals surface area (Å²) < 4.78 is 11.7. The molecule has 1 N–H and O–H groups in total. The first kappa shape index (κ1) is 26.7. The van der Waals surface area contributed by atoms with E-state index < -0.39 is 0 Å². The minimum absolute atomic E-state index is 0. The number of ether oxygens (including phenoxy) is 2. The second-order valence-corrected chi connectivity index (χ2v) is 8.96. The number of rotatable bonds is 11. The van der Waals surface area contributed by atoms with Gasteiger partial charge in [-0.15, -0.1) is 12.4 Å². The molecule has 0 bridgehead atoms. The number of carbonyl (C=O) groups is 1. The number of halogens is 1. The van der Waals surface area contributed by atoms with Gasteiger partial charge in [0.1, 0.15) is 11.9 Å². The van der Waals surface area contributed by atoms with Crippen LogP contribution in [0.2, 0.25) is 0 Å². The fraction of sp³-hybridized carbons (Fsp3) is 0.720. The Labute approximate surface area is 200 Å². The molecule has 2 aliphatic heterocycles. The molecule has 0 unspecified atom stereocenters. The molecule has 0 saturated carbocycles. The Morgan fingerprint density at radius 1 is 0.969 bits per heavy atom. The van der Waals surface area contributed by atoms with Crippen molar-refractivity contribution in [1.82, 2.24) is 9.80 Å². The van der Waals surface area contributed by atoms with Crippen LogP contribution in [0.1, 0.15) is 64.7 Å². The smallest absolute Gasteiger partial charge is 0.411 e. The number of carbonyl (C=O) groups excluding carboxylic acids is 1. The zero-order chi connectivity index (χ0) is 21.7. The van der Waals surface area contributed by atoms with Gasteiger partial charge >= 0.3 is 6.09 Å². The minimum atomic E-state index is -0.373. The van der Waals surface area contributed by atoms with Gasteiger partial charge < -0.3 is 9.47 Å². The maximum atomic E-state index is 12.7. The first-order chi connectivity index (χ1) is 15.2. The SMILES string of the molecule is CCCCCOc1cccc(NC(=O)OC(CN2CCCCC2)CN2CCCCC2)c1.Cl. The van der Waals surface area contributed by atoms with Crippen LogP contribution in [-0.4, -0.2) is 67.9 Å². The van der Waals surface area contributed by atoms with E-state index in [1.165, 1.54) is 51.4 Å². The number of unbranched alkanes of at least 4 members (excludes halogenated alkanes) is 2. The van der Waals surface area contributed by atoms with E-state index in [0.717, 1.165) is 51.4 Å². The Hall–Kier alpha value is -1.50. The molecule has 2 aliphatic rings. The summed E-state index contributed by atoms with van der Waals surface area (Å²) in [6, 6.07) is 7.59. The molecular weight excluding hydrogens is 426 g/mol. The summed E-state index contributed by atoms with van der Waals surface area (Å²) in [6.45, 7) is 8.97. The zero-order valence-electron chi connectivity index (χ0n) is 19.7. The normalized spacial score (nSPS) is 17.6. The Bertz CT molecular complexity index is 629. The maximum absolute atomic E-state index is 12.7. The van der Waals surface area contributed by atoms with Gasteiger partial charge in [0.2, 0.25) is 0 Å². The van der Waals surface area contributed by atoms with Crippen LogP contribution in [0.25, 0.3) is 0 Å². The van der Waals surface area contributed by atoms with Crippen LogP contribution in [0.15, 0.2) is 24.3 Å². The number of hydrogen-bond donors (Lipinski definition) is 1. The first-order valence-electron chi connectivity index (χ1n) is 12.4. The highest BCUT2D eigenvalue weighted by Crippen LogP contribution is 2.19. The fourth-order valence-electron chi connectivity index (χ4n) is 4.50. The van der Waals surface area contributed by atoms with Gasteiger partial charge in [-0.05, 0) is 70.4 Å². The molecule has 2 heterocycles. The number of nitrogens with zero attached hydrogens (tertiary/aromatic N) is 2. The maximum Gasteiger partial charge on any atom is 0.411 e. The number of nitrogens with one attached hydrogen (secondary N) is 1. The third-order valence-corrected chi connectivity index (χ3v) is 6.19. The lowest BCUT2D eigenvalue weighted by Gasteiger charge is -2.34. The molecule has 2 saturated heterocycles. The Balaban J connectivity index is 0.00000363. The molecule has 6 nitrogen and oxygen atoms in total. The molecule has 1 aromatic rings. The third-order valence-electron chi connectivity index (χ3n) is 6.19. The van der Waals surface area contributed by atoms with Crippen molar-refractivity contribution < 1.29 is 14.3 Å². The molecular formula is C25H42ClN3O3. The van der Waals surface area contributed by atoms with Crippen molar-refractivity contribution in [1.29, 1.82) is 0 Å². The average Bonchev–Trinajstić information content (AvgIpc) is 2.78. The largest absolute Gasteiger partial charge is 0.494 e. The quantitative estimate of drug-likeness (QED) is 0.431. The van der Waals surface area contributed by atoms with Gasteiger partial charge in [-0.2, -0.15) is 0 Å². The van der Waals surface area contributed by atoms with Gasteiger partial charge in [-0.25, -0.2) is 4.79 Å². The molecule has 182 valence electrons. The van der Waals surface area contributed by atoms with Gasteiger partial charge in [0.25, 0.3) is 0 Å². The molecule has 0 spiro atoms. The fourth-order valence-corrected chi connectivity index (χ4v) is 4.50. The summed E-state index contributed by atoms with van der Waals surface area (Å²) in [7, 11) is 0. The van der Waals surface area contributed by atoms with Crippen molar-refractivity contribution in [2.24, 2.45) is 0 Å². The summed E-state index contributed by atoms with van der Waals surface area (Å²) in [5, 5.41) is 2.91. The summed E-state index contributed by atoms with van der Waals surface area (Å²) in [6.07, 6.45) is 10.5. The summed E-state index contributed by atoms with van der Waals surface area (Å²) in [5.41, 5.74) is 0.715. The van der Waals surface area contributed by atoms with Gasteiger partial charge in [0, 0.05) is 24.8 Å². The lowest BCUT2D eigenvalue weighted by atomic mass is 10.1. The van der Waals surface area contributed by atoms with E-state index >= 15 is 0 Å². The number of hydrogen-bond acceptors (Lipinski definition) is 5. The van der Waals surface area contributed by atoms with Crippen molar-refractivity contribution in [3.8, 4) is 5.75 Å². The number of piperidine rings is 2. The molecule has 3 rings (SSSR count). The topological polar surface area (TPSA) is 54.0 Å². The van der Waals surface area contributed by atoms with Crippen LogP contribution in [-0.2, 0) is 4.74 Å². The van der Waals surface area contributed by atoms with E-state index in [-0.39, 0.29) is 24.6 Å². The summed E-state index contributed by atoms with van der Waals surface area (Å²) >= 11 is 0. The number of amides is 1. The minimum Gasteiger partial charge on any atom is -0.494 e. The molecule has 0 atom stereocenters. The number of benzene rings is 1. The lowest BCUT2D eigenvalue weighted by Crippen LogP contribution is -2.45. The zero-order valence-corrected chi connectivity index (χ0v) is 20.5. The van der Waals surface area contributed by atoms with E-state index in [1.807, 2.05) is 24.3 Å². The Morgan fingerprint density at radius 3 is 2.19 bits per heavy atom. The molecule has 7 heteroatoms. The Morgan fingerprint density at radius 2 is 1.59 bits per heavy atom. The molecule has 0 aromatic heterocycles. The molecule has 1 aromatic carbocycles. The van der Waals surface area contributed by atoms with Gasteiger partial charge in [-0.3, -0.25) is 15.1 Å². The number of anilines is 1. The highest BCUT2D eigenvalue weighted by molar-refractivity contribution is 5.85. The van der Waals surface area contributed by atoms with Crippen LogP contribution < -0.4 is 10.1 Å².